The van der Waals surface area contributed by atoms with Gasteiger partial charge in [-0.2, -0.15) is 4.68 Å². The highest BCUT2D eigenvalue weighted by Crippen LogP contribution is 2.25. The van der Waals surface area contributed by atoms with Gasteiger partial charge in [-0.15, -0.1) is 5.10 Å². The summed E-state index contributed by atoms with van der Waals surface area (Å²) in [6, 6.07) is 14.2. The van der Waals surface area contributed by atoms with Crippen molar-refractivity contribution in [2.45, 2.75) is 25.0 Å². The van der Waals surface area contributed by atoms with Gasteiger partial charge in [-0.25, -0.2) is 0 Å². The fourth-order valence-corrected chi connectivity index (χ4v) is 3.00. The van der Waals surface area contributed by atoms with Gasteiger partial charge < -0.3 is 5.32 Å². The van der Waals surface area contributed by atoms with Crippen molar-refractivity contribution >= 4 is 28.4 Å². The van der Waals surface area contributed by atoms with E-state index in [-0.39, 0.29) is 17.7 Å². The topological polar surface area (TPSA) is 72.7 Å². The average Bonchev–Trinajstić information content (AvgIpc) is 3.00. The van der Waals surface area contributed by atoms with Crippen LogP contribution < -0.4 is 5.32 Å². The lowest BCUT2D eigenvalue weighted by Crippen LogP contribution is -2.31. The van der Waals surface area contributed by atoms with Crippen molar-refractivity contribution in [3.8, 4) is 5.69 Å². The van der Waals surface area contributed by atoms with Crippen LogP contribution in [0.2, 0.25) is 0 Å². The number of carbonyl (C=O) groups excluding carboxylic acids is 1. The normalized spacial score (nSPS) is 11.1. The Morgan fingerprint density at radius 2 is 2.00 bits per heavy atom. The second-order valence-electron chi connectivity index (χ2n) is 5.38. The molecule has 23 heavy (non-hydrogen) atoms. The molecule has 3 aromatic rings. The number of tetrazole rings is 1. The van der Waals surface area contributed by atoms with Crippen LogP contribution in [-0.2, 0) is 4.79 Å². The van der Waals surface area contributed by atoms with E-state index in [4.69, 9.17) is 0 Å². The Bertz CT molecular complexity index is 825. The molecule has 1 N–H and O–H groups in total. The number of nitrogens with one attached hydrogen (secondary N) is 1. The highest BCUT2D eigenvalue weighted by atomic mass is 32.2. The smallest absolute Gasteiger partial charge is 0.230 e. The van der Waals surface area contributed by atoms with Crippen LogP contribution in [-0.4, -0.2) is 37.9 Å². The molecular weight excluding hydrogens is 310 g/mol. The third kappa shape index (κ3) is 3.50. The number of hydrogen-bond acceptors (Lipinski definition) is 5. The second kappa shape index (κ2) is 6.78. The van der Waals surface area contributed by atoms with Crippen molar-refractivity contribution < 1.29 is 4.79 Å². The zero-order chi connectivity index (χ0) is 16.2. The lowest BCUT2D eigenvalue weighted by atomic mass is 10.1. The van der Waals surface area contributed by atoms with Gasteiger partial charge in [0.1, 0.15) is 0 Å². The summed E-state index contributed by atoms with van der Waals surface area (Å²) in [4.78, 5) is 11.8. The number of fused-ring (bicyclic) bond motifs is 1. The predicted molar refractivity (Wildman–Crippen MR) is 90.7 cm³/mol. The fraction of sp³-hybridized carbons (Fsp3) is 0.250. The third-order valence-corrected chi connectivity index (χ3v) is 4.14. The molecule has 0 unspecified atom stereocenters. The molecule has 0 aliphatic heterocycles. The molecule has 0 saturated carbocycles. The first-order chi connectivity index (χ1) is 11.1. The minimum Gasteiger partial charge on any atom is -0.353 e. The maximum Gasteiger partial charge on any atom is 0.230 e. The summed E-state index contributed by atoms with van der Waals surface area (Å²) in [7, 11) is 0. The highest BCUT2D eigenvalue weighted by molar-refractivity contribution is 7.99. The average molecular weight is 327 g/mol. The monoisotopic (exact) mass is 327 g/mol. The Labute approximate surface area is 138 Å². The number of carbonyl (C=O) groups is 1. The van der Waals surface area contributed by atoms with Crippen molar-refractivity contribution in [2.24, 2.45) is 0 Å². The van der Waals surface area contributed by atoms with Crippen molar-refractivity contribution in [2.75, 3.05) is 5.75 Å². The summed E-state index contributed by atoms with van der Waals surface area (Å²) in [5.41, 5.74) is 0.903. The lowest BCUT2D eigenvalue weighted by molar-refractivity contribution is -0.119. The van der Waals surface area contributed by atoms with Gasteiger partial charge in [-0.3, -0.25) is 4.79 Å². The van der Waals surface area contributed by atoms with E-state index in [1.165, 1.54) is 11.8 Å². The molecule has 2 aromatic carbocycles. The summed E-state index contributed by atoms with van der Waals surface area (Å²) in [6.07, 6.45) is 0. The zero-order valence-corrected chi connectivity index (χ0v) is 13.7. The minimum absolute atomic E-state index is 0.0301. The second-order valence-corrected chi connectivity index (χ2v) is 6.32. The van der Waals surface area contributed by atoms with E-state index < -0.39 is 0 Å². The van der Waals surface area contributed by atoms with Crippen LogP contribution in [0.15, 0.2) is 47.6 Å². The number of rotatable bonds is 5. The van der Waals surface area contributed by atoms with E-state index in [9.17, 15) is 4.79 Å². The number of aromatic nitrogens is 4. The Hall–Kier alpha value is -2.41. The van der Waals surface area contributed by atoms with Crippen LogP contribution in [0.1, 0.15) is 13.8 Å². The highest BCUT2D eigenvalue weighted by Gasteiger charge is 2.13. The van der Waals surface area contributed by atoms with E-state index in [0.29, 0.717) is 5.16 Å². The van der Waals surface area contributed by atoms with Gasteiger partial charge >= 0.3 is 0 Å². The predicted octanol–water partition coefficient (Wildman–Crippen LogP) is 2.43. The van der Waals surface area contributed by atoms with Crippen LogP contribution in [0.4, 0.5) is 0 Å². The molecule has 1 aromatic heterocycles. The Morgan fingerprint density at radius 3 is 2.83 bits per heavy atom. The molecule has 0 fully saturated rings. The van der Waals surface area contributed by atoms with Crippen LogP contribution in [0, 0.1) is 0 Å². The lowest BCUT2D eigenvalue weighted by Gasteiger charge is -2.09. The molecule has 3 rings (SSSR count). The van der Waals surface area contributed by atoms with Crippen LogP contribution >= 0.6 is 11.8 Å². The molecule has 118 valence electrons. The molecular formula is C16H17N5OS. The number of amides is 1. The largest absolute Gasteiger partial charge is 0.353 e. The van der Waals surface area contributed by atoms with Gasteiger partial charge in [-0.1, -0.05) is 48.2 Å². The number of nitrogens with zero attached hydrogens (tertiary/aromatic N) is 4. The van der Waals surface area contributed by atoms with Gasteiger partial charge in [0.2, 0.25) is 11.1 Å². The van der Waals surface area contributed by atoms with Crippen LogP contribution in [0.3, 0.4) is 0 Å². The van der Waals surface area contributed by atoms with Crippen LogP contribution in [0.25, 0.3) is 16.5 Å². The SMILES string of the molecule is CC(C)NC(=O)CSc1nnnn1-c1cccc2ccccc12. The number of hydrogen-bond donors (Lipinski definition) is 1. The summed E-state index contributed by atoms with van der Waals surface area (Å²) >= 11 is 1.32. The zero-order valence-electron chi connectivity index (χ0n) is 12.9. The van der Waals surface area contributed by atoms with Crippen molar-refractivity contribution in [1.29, 1.82) is 0 Å². The van der Waals surface area contributed by atoms with E-state index in [1.807, 2.05) is 56.3 Å². The molecule has 0 radical (unpaired) electrons. The minimum atomic E-state index is -0.0301. The van der Waals surface area contributed by atoms with Gasteiger partial charge in [0.25, 0.3) is 0 Å². The molecule has 0 spiro atoms. The Morgan fingerprint density at radius 1 is 1.22 bits per heavy atom. The third-order valence-electron chi connectivity index (χ3n) is 3.22. The molecule has 0 aliphatic rings. The summed E-state index contributed by atoms with van der Waals surface area (Å²) in [5.74, 6) is 0.251. The van der Waals surface area contributed by atoms with Gasteiger partial charge in [0.05, 0.1) is 11.4 Å². The summed E-state index contributed by atoms with van der Waals surface area (Å²) < 4.78 is 1.68. The maximum atomic E-state index is 11.8. The first-order valence-corrected chi connectivity index (χ1v) is 8.32. The Kier molecular flexibility index (Phi) is 4.57. The van der Waals surface area contributed by atoms with Crippen molar-refractivity contribution in [3.05, 3.63) is 42.5 Å². The molecule has 0 atom stereocenters. The van der Waals surface area contributed by atoms with Crippen molar-refractivity contribution in [1.82, 2.24) is 25.5 Å². The number of thioether (sulfide) groups is 1. The van der Waals surface area contributed by atoms with Gasteiger partial charge in [-0.05, 0) is 35.7 Å². The molecule has 1 heterocycles. The first-order valence-electron chi connectivity index (χ1n) is 7.34. The molecule has 7 heteroatoms. The fourth-order valence-electron chi connectivity index (χ4n) is 2.31. The Balaban J connectivity index is 1.87. The maximum absolute atomic E-state index is 11.8. The molecule has 0 saturated heterocycles. The summed E-state index contributed by atoms with van der Waals surface area (Å²) in [5, 5.41) is 17.5. The number of benzene rings is 2. The summed E-state index contributed by atoms with van der Waals surface area (Å²) in [6.45, 7) is 3.87. The van der Waals surface area contributed by atoms with Gasteiger partial charge in [0.15, 0.2) is 0 Å². The van der Waals surface area contributed by atoms with Crippen LogP contribution in [0.5, 0.6) is 0 Å². The standard InChI is InChI=1S/C16H17N5OS/c1-11(2)17-15(22)10-23-16-18-19-20-21(16)14-9-5-7-12-6-3-4-8-13(12)14/h3-9,11H,10H2,1-2H3,(H,17,22). The molecule has 1 amide bonds. The van der Waals surface area contributed by atoms with E-state index in [2.05, 4.69) is 20.8 Å². The van der Waals surface area contributed by atoms with E-state index in [1.54, 1.807) is 4.68 Å². The molecule has 0 bridgehead atoms. The van der Waals surface area contributed by atoms with E-state index >= 15 is 0 Å². The quantitative estimate of drug-likeness (QED) is 0.729. The van der Waals surface area contributed by atoms with Gasteiger partial charge in [0, 0.05) is 11.4 Å². The first kappa shape index (κ1) is 15.5. The van der Waals surface area contributed by atoms with Crippen molar-refractivity contribution in [3.63, 3.8) is 0 Å². The molecule has 0 aliphatic carbocycles. The van der Waals surface area contributed by atoms with E-state index in [0.717, 1.165) is 16.5 Å². The molecule has 6 nitrogen and oxygen atoms in total.